The molecule has 0 saturated carbocycles. The van der Waals surface area contributed by atoms with Crippen LogP contribution >= 0.6 is 15.9 Å². The van der Waals surface area contributed by atoms with Gasteiger partial charge in [0.2, 0.25) is 10.0 Å². The minimum Gasteiger partial charge on any atom is -0.457 e. The maximum Gasteiger partial charge on any atom is 0.240 e. The van der Waals surface area contributed by atoms with Gasteiger partial charge in [-0.1, -0.05) is 22.9 Å². The van der Waals surface area contributed by atoms with Gasteiger partial charge in [0.1, 0.15) is 11.5 Å². The molecule has 0 saturated heterocycles. The number of ether oxygens (including phenoxy) is 1. The van der Waals surface area contributed by atoms with Crippen LogP contribution < -0.4 is 9.46 Å². The second-order valence-electron chi connectivity index (χ2n) is 4.38. The zero-order valence-electron chi connectivity index (χ0n) is 11.7. The van der Waals surface area contributed by atoms with Crippen LogP contribution in [0.3, 0.4) is 0 Å². The molecule has 0 spiro atoms. The maximum absolute atomic E-state index is 11.8. The van der Waals surface area contributed by atoms with E-state index in [2.05, 4.69) is 20.7 Å². The molecule has 5 nitrogen and oxygen atoms in total. The first-order valence-corrected chi connectivity index (χ1v) is 8.76. The molecule has 2 rings (SSSR count). The predicted octanol–water partition coefficient (Wildman–Crippen LogP) is 3.35. The van der Waals surface area contributed by atoms with E-state index < -0.39 is 10.0 Å². The molecular formula is C15H14BrNO4S. The van der Waals surface area contributed by atoms with Crippen LogP contribution in [0, 0.1) is 0 Å². The summed E-state index contributed by atoms with van der Waals surface area (Å²) in [6.07, 6.45) is 0.725. The Morgan fingerprint density at radius 1 is 1.14 bits per heavy atom. The number of nitrogens with one attached hydrogen (secondary N) is 1. The third-order valence-electron chi connectivity index (χ3n) is 2.80. The molecule has 1 N–H and O–H groups in total. The van der Waals surface area contributed by atoms with Crippen LogP contribution in [0.1, 0.15) is 17.3 Å². The van der Waals surface area contributed by atoms with Crippen LogP contribution in [0.5, 0.6) is 11.5 Å². The number of benzene rings is 2. The van der Waals surface area contributed by atoms with E-state index in [1.165, 1.54) is 12.1 Å². The molecule has 0 atom stereocenters. The Morgan fingerprint density at radius 3 is 2.36 bits per heavy atom. The van der Waals surface area contributed by atoms with Gasteiger partial charge in [0.05, 0.1) is 4.90 Å². The summed E-state index contributed by atoms with van der Waals surface area (Å²) < 4.78 is 32.4. The third kappa shape index (κ3) is 3.94. The molecule has 7 heteroatoms. The molecule has 0 aliphatic rings. The Kier molecular flexibility index (Phi) is 5.33. The topological polar surface area (TPSA) is 72.5 Å². The molecule has 2 aromatic rings. The first-order chi connectivity index (χ1) is 10.5. The van der Waals surface area contributed by atoms with E-state index in [1.54, 1.807) is 37.3 Å². The molecule has 0 unspecified atom stereocenters. The molecule has 0 amide bonds. The van der Waals surface area contributed by atoms with E-state index in [9.17, 15) is 13.2 Å². The summed E-state index contributed by atoms with van der Waals surface area (Å²) in [5, 5.41) is 0. The third-order valence-corrected chi connectivity index (χ3v) is 5.08. The minimum atomic E-state index is -3.47. The summed E-state index contributed by atoms with van der Waals surface area (Å²) >= 11 is 3.26. The van der Waals surface area contributed by atoms with Crippen molar-refractivity contribution in [2.45, 2.75) is 11.8 Å². The molecular weight excluding hydrogens is 370 g/mol. The van der Waals surface area contributed by atoms with Crippen LogP contribution in [0.2, 0.25) is 0 Å². The van der Waals surface area contributed by atoms with Crippen molar-refractivity contribution in [3.05, 3.63) is 52.5 Å². The van der Waals surface area contributed by atoms with Gasteiger partial charge in [0.25, 0.3) is 0 Å². The summed E-state index contributed by atoms with van der Waals surface area (Å²) in [5.74, 6) is 0.974. The minimum absolute atomic E-state index is 0.172. The van der Waals surface area contributed by atoms with Gasteiger partial charge in [0.15, 0.2) is 6.29 Å². The van der Waals surface area contributed by atoms with Gasteiger partial charge < -0.3 is 4.74 Å². The predicted molar refractivity (Wildman–Crippen MR) is 86.9 cm³/mol. The lowest BCUT2D eigenvalue weighted by molar-refractivity contribution is 0.112. The lowest BCUT2D eigenvalue weighted by atomic mass is 10.2. The fourth-order valence-electron chi connectivity index (χ4n) is 1.77. The number of hydrogen-bond acceptors (Lipinski definition) is 4. The van der Waals surface area contributed by atoms with E-state index in [1.807, 2.05) is 0 Å². The number of carbonyl (C=O) groups is 1. The van der Waals surface area contributed by atoms with Crippen LogP contribution in [-0.2, 0) is 10.0 Å². The molecule has 0 bridgehead atoms. The zero-order valence-corrected chi connectivity index (χ0v) is 14.1. The Labute approximate surface area is 137 Å². The summed E-state index contributed by atoms with van der Waals surface area (Å²) in [7, 11) is -3.47. The van der Waals surface area contributed by atoms with Gasteiger partial charge in [-0.3, -0.25) is 4.79 Å². The summed E-state index contributed by atoms with van der Waals surface area (Å²) in [5.41, 5.74) is 0.476. The molecule has 0 fully saturated rings. The number of hydrogen-bond donors (Lipinski definition) is 1. The normalized spacial score (nSPS) is 11.2. The van der Waals surface area contributed by atoms with Crippen molar-refractivity contribution in [2.24, 2.45) is 0 Å². The second kappa shape index (κ2) is 7.04. The Bertz CT molecular complexity index is 773. The summed E-state index contributed by atoms with van der Waals surface area (Å²) in [6, 6.07) is 11.1. The fraction of sp³-hybridized carbons (Fsp3) is 0.133. The highest BCUT2D eigenvalue weighted by molar-refractivity contribution is 9.10. The molecule has 0 aliphatic carbocycles. The number of sulfonamides is 1. The maximum atomic E-state index is 11.8. The van der Waals surface area contributed by atoms with Gasteiger partial charge in [-0.2, -0.15) is 0 Å². The van der Waals surface area contributed by atoms with Crippen molar-refractivity contribution in [2.75, 3.05) is 6.54 Å². The van der Waals surface area contributed by atoms with E-state index >= 15 is 0 Å². The van der Waals surface area contributed by atoms with Crippen molar-refractivity contribution in [1.82, 2.24) is 4.72 Å². The van der Waals surface area contributed by atoms with Crippen molar-refractivity contribution in [1.29, 1.82) is 0 Å². The average Bonchev–Trinajstić information content (AvgIpc) is 2.50. The number of rotatable bonds is 6. The van der Waals surface area contributed by atoms with E-state index in [0.29, 0.717) is 28.1 Å². The lowest BCUT2D eigenvalue weighted by Crippen LogP contribution is -2.22. The number of aldehydes is 1. The Balaban J connectivity index is 2.20. The van der Waals surface area contributed by atoms with Crippen LogP contribution in [-0.4, -0.2) is 21.2 Å². The van der Waals surface area contributed by atoms with Gasteiger partial charge >= 0.3 is 0 Å². The Morgan fingerprint density at radius 2 is 1.77 bits per heavy atom. The van der Waals surface area contributed by atoms with Crippen molar-refractivity contribution < 1.29 is 17.9 Å². The van der Waals surface area contributed by atoms with E-state index in [0.717, 1.165) is 6.29 Å². The zero-order chi connectivity index (χ0) is 16.2. The summed E-state index contributed by atoms with van der Waals surface area (Å²) in [6.45, 7) is 2.04. The number of carbonyl (C=O) groups excluding carboxylic acids is 1. The Hall–Kier alpha value is -1.70. The molecule has 116 valence electrons. The van der Waals surface area contributed by atoms with Gasteiger partial charge in [-0.25, -0.2) is 13.1 Å². The molecule has 0 radical (unpaired) electrons. The monoisotopic (exact) mass is 383 g/mol. The van der Waals surface area contributed by atoms with Crippen LogP contribution in [0.15, 0.2) is 51.8 Å². The SMILES string of the molecule is CCNS(=O)(=O)c1ccc(Oc2ccc(Br)c(C=O)c2)cc1. The van der Waals surface area contributed by atoms with Gasteiger partial charge in [-0.15, -0.1) is 0 Å². The standard InChI is InChI=1S/C15H14BrNO4S/c1-2-17-22(19,20)14-6-3-12(4-7-14)21-13-5-8-15(16)11(9-13)10-18/h3-10,17H,2H2,1H3. The highest BCUT2D eigenvalue weighted by Crippen LogP contribution is 2.26. The van der Waals surface area contributed by atoms with E-state index in [-0.39, 0.29) is 4.90 Å². The largest absolute Gasteiger partial charge is 0.457 e. The molecule has 2 aromatic carbocycles. The van der Waals surface area contributed by atoms with Gasteiger partial charge in [0, 0.05) is 16.6 Å². The van der Waals surface area contributed by atoms with E-state index in [4.69, 9.17) is 4.74 Å². The summed E-state index contributed by atoms with van der Waals surface area (Å²) in [4.78, 5) is 11.1. The van der Waals surface area contributed by atoms with Crippen molar-refractivity contribution in [3.8, 4) is 11.5 Å². The molecule has 0 heterocycles. The molecule has 0 aliphatic heterocycles. The lowest BCUT2D eigenvalue weighted by Gasteiger charge is -2.08. The fourth-order valence-corrected chi connectivity index (χ4v) is 3.15. The smallest absolute Gasteiger partial charge is 0.240 e. The number of halogens is 1. The molecule has 22 heavy (non-hydrogen) atoms. The first-order valence-electron chi connectivity index (χ1n) is 6.48. The first kappa shape index (κ1) is 16.7. The highest BCUT2D eigenvalue weighted by Gasteiger charge is 2.12. The van der Waals surface area contributed by atoms with Gasteiger partial charge in [-0.05, 0) is 42.5 Å². The average molecular weight is 384 g/mol. The van der Waals surface area contributed by atoms with Crippen molar-refractivity contribution in [3.63, 3.8) is 0 Å². The van der Waals surface area contributed by atoms with Crippen molar-refractivity contribution >= 4 is 32.2 Å². The second-order valence-corrected chi connectivity index (χ2v) is 7.00. The highest BCUT2D eigenvalue weighted by atomic mass is 79.9. The van der Waals surface area contributed by atoms with Crippen LogP contribution in [0.25, 0.3) is 0 Å². The molecule has 0 aromatic heterocycles. The quantitative estimate of drug-likeness (QED) is 0.776. The van der Waals surface area contributed by atoms with Crippen LogP contribution in [0.4, 0.5) is 0 Å².